The third kappa shape index (κ3) is 5.70. The Morgan fingerprint density at radius 2 is 2.00 bits per heavy atom. The van der Waals surface area contributed by atoms with Gasteiger partial charge < -0.3 is 9.47 Å². The van der Waals surface area contributed by atoms with Gasteiger partial charge >= 0.3 is 11.9 Å². The minimum atomic E-state index is -0.716. The van der Waals surface area contributed by atoms with Gasteiger partial charge in [0.25, 0.3) is 0 Å². The van der Waals surface area contributed by atoms with Gasteiger partial charge in [0.2, 0.25) is 0 Å². The molecule has 1 aromatic rings. The molecule has 0 saturated heterocycles. The molecule has 1 aliphatic carbocycles. The van der Waals surface area contributed by atoms with Crippen molar-refractivity contribution in [3.8, 4) is 0 Å². The third-order valence-corrected chi connectivity index (χ3v) is 5.33. The van der Waals surface area contributed by atoms with E-state index in [2.05, 4.69) is 20.8 Å². The van der Waals surface area contributed by atoms with Crippen LogP contribution in [0.2, 0.25) is 5.02 Å². The zero-order valence-corrected chi connectivity index (χ0v) is 16.2. The second-order valence-electron chi connectivity index (χ2n) is 7.39. The van der Waals surface area contributed by atoms with Gasteiger partial charge in [-0.25, -0.2) is 9.18 Å². The van der Waals surface area contributed by atoms with Crippen molar-refractivity contribution in [1.29, 1.82) is 0 Å². The van der Waals surface area contributed by atoms with Crippen LogP contribution in [-0.4, -0.2) is 24.6 Å². The molecule has 4 nitrogen and oxygen atoms in total. The Balaban J connectivity index is 1.84. The first-order valence-electron chi connectivity index (χ1n) is 9.06. The fraction of sp³-hybridized carbons (Fsp3) is 0.600. The van der Waals surface area contributed by atoms with Crippen LogP contribution >= 0.6 is 11.6 Å². The molecule has 1 aromatic carbocycles. The molecule has 1 fully saturated rings. The summed E-state index contributed by atoms with van der Waals surface area (Å²) >= 11 is 5.89. The topological polar surface area (TPSA) is 52.6 Å². The third-order valence-electron chi connectivity index (χ3n) is 4.98. The highest BCUT2D eigenvalue weighted by atomic mass is 35.5. The normalized spacial score (nSPS) is 22.9. The standard InChI is InChI=1S/C20H26ClFO4/c1-12(2)14-8-7-13(3)9-18(14)26-20(24)11-25-19(23)10-15-16(21)5-4-6-17(15)22/h4-6,12-14,18H,7-11H2,1-3H3/t13-,14-,18-/m1/s1. The summed E-state index contributed by atoms with van der Waals surface area (Å²) in [4.78, 5) is 24.0. The minimum absolute atomic E-state index is 0.0634. The van der Waals surface area contributed by atoms with Crippen LogP contribution in [0.5, 0.6) is 0 Å². The molecule has 26 heavy (non-hydrogen) atoms. The van der Waals surface area contributed by atoms with Gasteiger partial charge in [0, 0.05) is 10.6 Å². The van der Waals surface area contributed by atoms with Crippen molar-refractivity contribution in [1.82, 2.24) is 0 Å². The highest BCUT2D eigenvalue weighted by Gasteiger charge is 2.33. The molecule has 2 rings (SSSR count). The van der Waals surface area contributed by atoms with Gasteiger partial charge in [0.15, 0.2) is 6.61 Å². The second kappa shape index (κ2) is 9.36. The number of esters is 2. The summed E-state index contributed by atoms with van der Waals surface area (Å²) in [6.07, 6.45) is 2.52. The van der Waals surface area contributed by atoms with Crippen LogP contribution in [-0.2, 0) is 25.5 Å². The van der Waals surface area contributed by atoms with E-state index in [1.54, 1.807) is 0 Å². The van der Waals surface area contributed by atoms with E-state index in [-0.39, 0.29) is 23.1 Å². The molecule has 1 saturated carbocycles. The van der Waals surface area contributed by atoms with Crippen LogP contribution < -0.4 is 0 Å². The Labute approximate surface area is 159 Å². The van der Waals surface area contributed by atoms with Crippen molar-refractivity contribution in [2.45, 2.75) is 52.6 Å². The van der Waals surface area contributed by atoms with Crippen LogP contribution in [0.3, 0.4) is 0 Å². The maximum Gasteiger partial charge on any atom is 0.344 e. The molecule has 0 heterocycles. The van der Waals surface area contributed by atoms with Crippen molar-refractivity contribution >= 4 is 23.5 Å². The fourth-order valence-electron chi connectivity index (χ4n) is 3.49. The van der Waals surface area contributed by atoms with E-state index in [0.717, 1.165) is 19.3 Å². The predicted octanol–water partition coefficient (Wildman–Crippen LogP) is 4.57. The Morgan fingerprint density at radius 3 is 2.65 bits per heavy atom. The van der Waals surface area contributed by atoms with Crippen molar-refractivity contribution < 1.29 is 23.5 Å². The smallest absolute Gasteiger partial charge is 0.344 e. The zero-order valence-electron chi connectivity index (χ0n) is 15.5. The average Bonchev–Trinajstić information content (AvgIpc) is 2.56. The quantitative estimate of drug-likeness (QED) is 0.674. The SMILES string of the molecule is CC(C)[C@H]1CC[C@@H](C)C[C@H]1OC(=O)COC(=O)Cc1c(F)cccc1Cl. The maximum absolute atomic E-state index is 13.7. The predicted molar refractivity (Wildman–Crippen MR) is 97.3 cm³/mol. The molecule has 0 spiro atoms. The Kier molecular flexibility index (Phi) is 7.44. The fourth-order valence-corrected chi connectivity index (χ4v) is 3.72. The number of benzene rings is 1. The zero-order chi connectivity index (χ0) is 19.3. The number of hydrogen-bond donors (Lipinski definition) is 0. The largest absolute Gasteiger partial charge is 0.460 e. The molecule has 0 amide bonds. The van der Waals surface area contributed by atoms with Crippen LogP contribution in [0, 0.1) is 23.6 Å². The van der Waals surface area contributed by atoms with E-state index < -0.39 is 24.4 Å². The summed E-state index contributed by atoms with van der Waals surface area (Å²) < 4.78 is 24.2. The Morgan fingerprint density at radius 1 is 1.27 bits per heavy atom. The van der Waals surface area contributed by atoms with Crippen molar-refractivity contribution in [2.75, 3.05) is 6.61 Å². The molecule has 0 aliphatic heterocycles. The van der Waals surface area contributed by atoms with E-state index in [1.807, 2.05) is 0 Å². The molecule has 0 aromatic heterocycles. The molecule has 0 bridgehead atoms. The highest BCUT2D eigenvalue weighted by molar-refractivity contribution is 6.31. The molecular weight excluding hydrogens is 359 g/mol. The minimum Gasteiger partial charge on any atom is -0.460 e. The van der Waals surface area contributed by atoms with Crippen molar-refractivity contribution in [2.24, 2.45) is 17.8 Å². The molecule has 144 valence electrons. The summed E-state index contributed by atoms with van der Waals surface area (Å²) in [6.45, 7) is 5.93. The first-order chi connectivity index (χ1) is 12.3. The lowest BCUT2D eigenvalue weighted by Gasteiger charge is -2.36. The van der Waals surface area contributed by atoms with E-state index in [9.17, 15) is 14.0 Å². The summed E-state index contributed by atoms with van der Waals surface area (Å²) in [5.74, 6) is -0.607. The van der Waals surface area contributed by atoms with E-state index in [4.69, 9.17) is 21.1 Å². The van der Waals surface area contributed by atoms with Crippen LogP contribution in [0.25, 0.3) is 0 Å². The number of carbonyl (C=O) groups excluding carboxylic acids is 2. The first-order valence-corrected chi connectivity index (χ1v) is 9.43. The van der Waals surface area contributed by atoms with Crippen LogP contribution in [0.1, 0.15) is 45.6 Å². The van der Waals surface area contributed by atoms with Gasteiger partial charge in [-0.15, -0.1) is 0 Å². The second-order valence-corrected chi connectivity index (χ2v) is 7.80. The molecule has 6 heteroatoms. The number of ether oxygens (including phenoxy) is 2. The van der Waals surface area contributed by atoms with Gasteiger partial charge in [-0.05, 0) is 42.7 Å². The van der Waals surface area contributed by atoms with E-state index >= 15 is 0 Å². The first kappa shape index (κ1) is 20.7. The summed E-state index contributed by atoms with van der Waals surface area (Å²) in [5.41, 5.74) is 0.0634. The van der Waals surface area contributed by atoms with Gasteiger partial charge in [-0.1, -0.05) is 44.9 Å². The molecule has 0 radical (unpaired) electrons. The molecule has 3 atom stereocenters. The molecule has 1 aliphatic rings. The van der Waals surface area contributed by atoms with E-state index in [0.29, 0.717) is 17.8 Å². The Hall–Kier alpha value is -1.62. The number of rotatable bonds is 6. The van der Waals surface area contributed by atoms with E-state index in [1.165, 1.54) is 18.2 Å². The van der Waals surface area contributed by atoms with Crippen LogP contribution in [0.15, 0.2) is 18.2 Å². The lowest BCUT2D eigenvalue weighted by molar-refractivity contribution is -0.166. The summed E-state index contributed by atoms with van der Waals surface area (Å²) in [6, 6.07) is 4.18. The summed E-state index contributed by atoms with van der Waals surface area (Å²) in [5, 5.41) is 0.153. The summed E-state index contributed by atoms with van der Waals surface area (Å²) in [7, 11) is 0. The van der Waals surface area contributed by atoms with Crippen LogP contribution in [0.4, 0.5) is 4.39 Å². The molecular formula is C20H26ClFO4. The lowest BCUT2D eigenvalue weighted by atomic mass is 9.75. The van der Waals surface area contributed by atoms with Crippen molar-refractivity contribution in [3.05, 3.63) is 34.6 Å². The lowest BCUT2D eigenvalue weighted by Crippen LogP contribution is -2.36. The van der Waals surface area contributed by atoms with Gasteiger partial charge in [0.05, 0.1) is 6.42 Å². The highest BCUT2D eigenvalue weighted by Crippen LogP contribution is 2.35. The van der Waals surface area contributed by atoms with Gasteiger partial charge in [-0.3, -0.25) is 4.79 Å². The number of carbonyl (C=O) groups is 2. The number of halogens is 2. The van der Waals surface area contributed by atoms with Crippen molar-refractivity contribution in [3.63, 3.8) is 0 Å². The van der Waals surface area contributed by atoms with Gasteiger partial charge in [-0.2, -0.15) is 0 Å². The average molecular weight is 385 g/mol. The monoisotopic (exact) mass is 384 g/mol. The number of hydrogen-bond acceptors (Lipinski definition) is 4. The Bertz CT molecular complexity index is 626. The maximum atomic E-state index is 13.7. The molecule has 0 N–H and O–H groups in total. The molecule has 0 unspecified atom stereocenters. The van der Waals surface area contributed by atoms with Gasteiger partial charge in [0.1, 0.15) is 11.9 Å².